The van der Waals surface area contributed by atoms with E-state index in [2.05, 4.69) is 19.2 Å². The van der Waals surface area contributed by atoms with E-state index in [1.165, 1.54) is 0 Å². The Bertz CT molecular complexity index is 498. The highest BCUT2D eigenvalue weighted by Crippen LogP contribution is 2.19. The van der Waals surface area contributed by atoms with Crippen molar-refractivity contribution >= 4 is 17.7 Å². The molecule has 2 atom stereocenters. The van der Waals surface area contributed by atoms with Crippen LogP contribution in [0.25, 0.3) is 0 Å². The van der Waals surface area contributed by atoms with E-state index in [1.807, 2.05) is 6.92 Å². The lowest BCUT2D eigenvalue weighted by atomic mass is 9.97. The van der Waals surface area contributed by atoms with Crippen LogP contribution in [0.3, 0.4) is 0 Å². The van der Waals surface area contributed by atoms with E-state index in [0.29, 0.717) is 23.8 Å². The molecule has 1 rings (SSSR count). The van der Waals surface area contributed by atoms with Gasteiger partial charge in [0.15, 0.2) is 0 Å². The normalized spacial score (nSPS) is 13.0. The number of hydrogen-bond donors (Lipinski definition) is 1. The number of hydrogen-bond acceptors (Lipinski definition) is 4. The molecule has 128 valence electrons. The molecule has 0 aromatic heterocycles. The third-order valence-corrected chi connectivity index (χ3v) is 3.66. The zero-order valence-electron chi connectivity index (χ0n) is 14.4. The molecule has 0 radical (unpaired) electrons. The van der Waals surface area contributed by atoms with Crippen LogP contribution in [-0.4, -0.2) is 18.2 Å². The van der Waals surface area contributed by atoms with Crippen molar-refractivity contribution in [3.63, 3.8) is 0 Å². The van der Waals surface area contributed by atoms with E-state index in [9.17, 15) is 9.59 Å². The highest BCUT2D eigenvalue weighted by Gasteiger charge is 2.19. The maximum Gasteiger partial charge on any atom is 0.411 e. The van der Waals surface area contributed by atoms with Gasteiger partial charge in [0.25, 0.3) is 0 Å². The number of amides is 1. The molecule has 0 saturated carbocycles. The number of ether oxygens (including phenoxy) is 2. The van der Waals surface area contributed by atoms with Crippen LogP contribution >= 0.6 is 0 Å². The van der Waals surface area contributed by atoms with Crippen LogP contribution in [0.2, 0.25) is 0 Å². The zero-order chi connectivity index (χ0) is 17.2. The van der Waals surface area contributed by atoms with Crippen LogP contribution in [0, 0.1) is 5.92 Å². The fourth-order valence-corrected chi connectivity index (χ4v) is 2.34. The van der Waals surface area contributed by atoms with Gasteiger partial charge in [0.1, 0.15) is 11.9 Å². The molecule has 0 heterocycles. The monoisotopic (exact) mass is 321 g/mol. The summed E-state index contributed by atoms with van der Waals surface area (Å²) in [7, 11) is 0. The van der Waals surface area contributed by atoms with Crippen LogP contribution in [-0.2, 0) is 9.53 Å². The minimum atomic E-state index is -0.460. The van der Waals surface area contributed by atoms with E-state index >= 15 is 0 Å². The number of anilines is 1. The molecule has 1 N–H and O–H groups in total. The summed E-state index contributed by atoms with van der Waals surface area (Å²) in [6, 6.07) is 6.63. The second-order valence-electron chi connectivity index (χ2n) is 5.59. The lowest BCUT2D eigenvalue weighted by Crippen LogP contribution is -2.27. The molecule has 2 unspecified atom stereocenters. The van der Waals surface area contributed by atoms with Crippen LogP contribution in [0.5, 0.6) is 5.75 Å². The van der Waals surface area contributed by atoms with E-state index in [-0.39, 0.29) is 12.1 Å². The third kappa shape index (κ3) is 6.72. The summed E-state index contributed by atoms with van der Waals surface area (Å²) in [6.07, 6.45) is 2.67. The second-order valence-corrected chi connectivity index (χ2v) is 5.59. The van der Waals surface area contributed by atoms with Crippen LogP contribution in [0.15, 0.2) is 24.3 Å². The van der Waals surface area contributed by atoms with Gasteiger partial charge in [0, 0.05) is 12.1 Å². The quantitative estimate of drug-likeness (QED) is 0.553. The van der Waals surface area contributed by atoms with Gasteiger partial charge < -0.3 is 9.47 Å². The minimum absolute atomic E-state index is 0.0836. The highest BCUT2D eigenvalue weighted by molar-refractivity contribution is 5.84. The van der Waals surface area contributed by atoms with Crippen molar-refractivity contribution in [2.24, 2.45) is 5.92 Å². The summed E-state index contributed by atoms with van der Waals surface area (Å²) in [5.41, 5.74) is 0.601. The Morgan fingerprint density at radius 2 is 1.78 bits per heavy atom. The smallest absolute Gasteiger partial charge is 0.411 e. The number of rotatable bonds is 8. The predicted molar refractivity (Wildman–Crippen MR) is 90.6 cm³/mol. The number of nitrogens with one attached hydrogen (secondary N) is 1. The molecule has 0 aliphatic carbocycles. The fraction of sp³-hybridized carbons (Fsp3) is 0.556. The molecule has 5 heteroatoms. The average molecular weight is 321 g/mol. The van der Waals surface area contributed by atoms with Gasteiger partial charge in [0.05, 0.1) is 0 Å². The molecule has 1 aromatic rings. The SMILES string of the molecule is CCCC(C)C(CC)OC(=O)Nc1ccc(OC(=O)CC)cc1. The van der Waals surface area contributed by atoms with Gasteiger partial charge in [-0.25, -0.2) is 4.79 Å². The summed E-state index contributed by atoms with van der Waals surface area (Å²) in [5.74, 6) is 0.506. The fourth-order valence-electron chi connectivity index (χ4n) is 2.34. The molecule has 0 aliphatic heterocycles. The molecule has 0 bridgehead atoms. The first kappa shape index (κ1) is 19.0. The van der Waals surface area contributed by atoms with Crippen LogP contribution in [0.1, 0.15) is 53.4 Å². The summed E-state index contributed by atoms with van der Waals surface area (Å²) in [6.45, 7) is 7.97. The van der Waals surface area contributed by atoms with Crippen molar-refractivity contribution in [3.05, 3.63) is 24.3 Å². The maximum absolute atomic E-state index is 12.0. The maximum atomic E-state index is 12.0. The lowest BCUT2D eigenvalue weighted by molar-refractivity contribution is -0.134. The van der Waals surface area contributed by atoms with Gasteiger partial charge in [-0.2, -0.15) is 0 Å². The second kappa shape index (κ2) is 9.87. The zero-order valence-corrected chi connectivity index (χ0v) is 14.4. The Balaban J connectivity index is 2.54. The van der Waals surface area contributed by atoms with Crippen molar-refractivity contribution < 1.29 is 19.1 Å². The summed E-state index contributed by atoms with van der Waals surface area (Å²) in [5, 5.41) is 2.70. The molecule has 0 fully saturated rings. The Morgan fingerprint density at radius 1 is 1.13 bits per heavy atom. The number of esters is 1. The van der Waals surface area contributed by atoms with Gasteiger partial charge in [-0.1, -0.05) is 34.1 Å². The van der Waals surface area contributed by atoms with Gasteiger partial charge in [0.2, 0.25) is 0 Å². The van der Waals surface area contributed by atoms with Crippen molar-refractivity contribution in [3.8, 4) is 5.75 Å². The molecule has 0 spiro atoms. The standard InChI is InChI=1S/C18H27NO4/c1-5-8-13(4)16(6-2)23-18(21)19-14-9-11-15(12-10-14)22-17(20)7-3/h9-13,16H,5-8H2,1-4H3,(H,19,21). The largest absolute Gasteiger partial charge is 0.446 e. The van der Waals surface area contributed by atoms with Gasteiger partial charge in [-0.15, -0.1) is 0 Å². The van der Waals surface area contributed by atoms with Gasteiger partial charge >= 0.3 is 12.1 Å². The highest BCUT2D eigenvalue weighted by atomic mass is 16.6. The summed E-state index contributed by atoms with van der Waals surface area (Å²) < 4.78 is 10.6. The topological polar surface area (TPSA) is 64.6 Å². The Morgan fingerprint density at radius 3 is 2.30 bits per heavy atom. The number of carbonyl (C=O) groups excluding carboxylic acids is 2. The molecule has 0 saturated heterocycles. The number of carbonyl (C=O) groups is 2. The molecular weight excluding hydrogens is 294 g/mol. The average Bonchev–Trinajstić information content (AvgIpc) is 2.54. The van der Waals surface area contributed by atoms with E-state index in [1.54, 1.807) is 31.2 Å². The summed E-state index contributed by atoms with van der Waals surface area (Å²) in [4.78, 5) is 23.2. The van der Waals surface area contributed by atoms with E-state index in [0.717, 1.165) is 19.3 Å². The third-order valence-electron chi connectivity index (χ3n) is 3.66. The minimum Gasteiger partial charge on any atom is -0.446 e. The van der Waals surface area contributed by atoms with Crippen LogP contribution < -0.4 is 10.1 Å². The molecule has 5 nitrogen and oxygen atoms in total. The lowest BCUT2D eigenvalue weighted by Gasteiger charge is -2.22. The van der Waals surface area contributed by atoms with E-state index in [4.69, 9.17) is 9.47 Å². The Labute approximate surface area is 138 Å². The van der Waals surface area contributed by atoms with Gasteiger partial charge in [-0.05, 0) is 43.0 Å². The molecule has 1 aromatic carbocycles. The van der Waals surface area contributed by atoms with Crippen molar-refractivity contribution in [1.29, 1.82) is 0 Å². The number of benzene rings is 1. The Kier molecular flexibility index (Phi) is 8.16. The molecular formula is C18H27NO4. The van der Waals surface area contributed by atoms with Crippen molar-refractivity contribution in [2.45, 2.75) is 59.5 Å². The Hall–Kier alpha value is -2.04. The molecule has 23 heavy (non-hydrogen) atoms. The molecule has 1 amide bonds. The molecule has 0 aliphatic rings. The van der Waals surface area contributed by atoms with Crippen LogP contribution in [0.4, 0.5) is 10.5 Å². The van der Waals surface area contributed by atoms with E-state index < -0.39 is 6.09 Å². The summed E-state index contributed by atoms with van der Waals surface area (Å²) >= 11 is 0. The van der Waals surface area contributed by atoms with Gasteiger partial charge in [-0.3, -0.25) is 10.1 Å². The first-order chi connectivity index (χ1) is 11.0. The van der Waals surface area contributed by atoms with Crippen molar-refractivity contribution in [1.82, 2.24) is 0 Å². The predicted octanol–water partition coefficient (Wildman–Crippen LogP) is 4.77. The van der Waals surface area contributed by atoms with Crippen molar-refractivity contribution in [2.75, 3.05) is 5.32 Å². The first-order valence-electron chi connectivity index (χ1n) is 8.28. The first-order valence-corrected chi connectivity index (χ1v) is 8.28.